The summed E-state index contributed by atoms with van der Waals surface area (Å²) in [6.07, 6.45) is 15.1. The van der Waals surface area contributed by atoms with Crippen molar-refractivity contribution in [2.24, 2.45) is 23.7 Å². The van der Waals surface area contributed by atoms with Crippen molar-refractivity contribution in [3.63, 3.8) is 0 Å². The summed E-state index contributed by atoms with van der Waals surface area (Å²) in [6, 6.07) is 8.32. The van der Waals surface area contributed by atoms with E-state index in [2.05, 4.69) is 50.0 Å². The topological polar surface area (TPSA) is 9.23 Å². The van der Waals surface area contributed by atoms with Crippen molar-refractivity contribution in [3.8, 4) is 17.6 Å². The summed E-state index contributed by atoms with van der Waals surface area (Å²) in [5.41, 5.74) is 1.12. The number of hydrogen-bond donors (Lipinski definition) is 0. The summed E-state index contributed by atoms with van der Waals surface area (Å²) in [7, 11) is 0. The first kappa shape index (κ1) is 20.3. The van der Waals surface area contributed by atoms with Crippen LogP contribution < -0.4 is 4.74 Å². The van der Waals surface area contributed by atoms with E-state index in [0.29, 0.717) is 5.92 Å². The van der Waals surface area contributed by atoms with Crippen molar-refractivity contribution in [2.45, 2.75) is 84.5 Å². The predicted octanol–water partition coefficient (Wildman–Crippen LogP) is 7.24. The van der Waals surface area contributed by atoms with E-state index in [1.165, 1.54) is 64.2 Å². The molecule has 0 amide bonds. The fraction of sp³-hybridized carbons (Fsp3) is 0.692. The summed E-state index contributed by atoms with van der Waals surface area (Å²) >= 11 is 0. The number of hydrogen-bond acceptors (Lipinski definition) is 1. The minimum Gasteiger partial charge on any atom is -0.494 e. The highest BCUT2D eigenvalue weighted by Gasteiger charge is 2.29. The summed E-state index contributed by atoms with van der Waals surface area (Å²) < 4.78 is 5.73. The Balaban J connectivity index is 1.42. The van der Waals surface area contributed by atoms with Gasteiger partial charge in [0.2, 0.25) is 0 Å². The summed E-state index contributed by atoms with van der Waals surface area (Å²) in [5.74, 6) is 11.6. The van der Waals surface area contributed by atoms with Crippen molar-refractivity contribution >= 4 is 0 Å². The molecule has 2 fully saturated rings. The minimum absolute atomic E-state index is 0.605. The van der Waals surface area contributed by atoms with Crippen LogP contribution in [0.3, 0.4) is 0 Å². The molecule has 2 saturated carbocycles. The highest BCUT2D eigenvalue weighted by atomic mass is 16.5. The van der Waals surface area contributed by atoms with Crippen molar-refractivity contribution in [1.29, 1.82) is 0 Å². The molecular weight excluding hydrogens is 328 g/mol. The zero-order chi connectivity index (χ0) is 18.9. The van der Waals surface area contributed by atoms with Gasteiger partial charge < -0.3 is 4.74 Å². The maximum absolute atomic E-state index is 5.73. The lowest BCUT2D eigenvalue weighted by Crippen LogP contribution is -2.25. The van der Waals surface area contributed by atoms with Crippen LogP contribution in [0.4, 0.5) is 0 Å². The minimum atomic E-state index is 0.605. The molecule has 1 aromatic carbocycles. The Hall–Kier alpha value is -1.42. The van der Waals surface area contributed by atoms with Gasteiger partial charge in [-0.15, -0.1) is 0 Å². The third kappa shape index (κ3) is 6.31. The molecular formula is C26H38O. The molecule has 0 spiro atoms. The van der Waals surface area contributed by atoms with E-state index in [0.717, 1.165) is 42.1 Å². The smallest absolute Gasteiger partial charge is 0.119 e. The van der Waals surface area contributed by atoms with E-state index in [1.807, 2.05) is 0 Å². The monoisotopic (exact) mass is 366 g/mol. The molecule has 3 rings (SSSR count). The molecule has 148 valence electrons. The molecule has 0 N–H and O–H groups in total. The van der Waals surface area contributed by atoms with Gasteiger partial charge in [-0.05, 0) is 87.0 Å². The molecule has 0 unspecified atom stereocenters. The van der Waals surface area contributed by atoms with E-state index in [9.17, 15) is 0 Å². The predicted molar refractivity (Wildman–Crippen MR) is 115 cm³/mol. The maximum Gasteiger partial charge on any atom is 0.119 e. The Labute approximate surface area is 167 Å². The number of unbranched alkanes of at least 4 members (excludes halogenated alkanes) is 1. The van der Waals surface area contributed by atoms with Crippen LogP contribution in [0.5, 0.6) is 5.75 Å². The molecule has 1 nitrogen and oxygen atoms in total. The largest absolute Gasteiger partial charge is 0.494 e. The molecule has 0 atom stereocenters. The van der Waals surface area contributed by atoms with Gasteiger partial charge in [0.15, 0.2) is 0 Å². The molecule has 0 aliphatic heterocycles. The zero-order valence-electron chi connectivity index (χ0n) is 17.5. The van der Waals surface area contributed by atoms with Gasteiger partial charge in [-0.3, -0.25) is 0 Å². The van der Waals surface area contributed by atoms with Crippen LogP contribution in [0.1, 0.15) is 90.0 Å². The van der Waals surface area contributed by atoms with E-state index >= 15 is 0 Å². The van der Waals surface area contributed by atoms with Crippen LogP contribution in [0.2, 0.25) is 0 Å². The number of rotatable bonds is 6. The Morgan fingerprint density at radius 3 is 2.07 bits per heavy atom. The van der Waals surface area contributed by atoms with Crippen LogP contribution in [-0.4, -0.2) is 6.61 Å². The normalized spacial score (nSPS) is 28.2. The van der Waals surface area contributed by atoms with Crippen molar-refractivity contribution in [3.05, 3.63) is 29.8 Å². The average Bonchev–Trinajstić information content (AvgIpc) is 2.74. The second-order valence-corrected chi connectivity index (χ2v) is 8.80. The first-order valence-corrected chi connectivity index (χ1v) is 11.5. The van der Waals surface area contributed by atoms with Gasteiger partial charge in [0.05, 0.1) is 6.61 Å². The van der Waals surface area contributed by atoms with Gasteiger partial charge in [0, 0.05) is 11.5 Å². The van der Waals surface area contributed by atoms with E-state index in [4.69, 9.17) is 4.74 Å². The molecule has 2 aliphatic carbocycles. The second-order valence-electron chi connectivity index (χ2n) is 8.80. The van der Waals surface area contributed by atoms with E-state index in [1.54, 1.807) is 0 Å². The Bertz CT molecular complexity index is 589. The second kappa shape index (κ2) is 10.8. The van der Waals surface area contributed by atoms with Crippen molar-refractivity contribution in [2.75, 3.05) is 6.61 Å². The van der Waals surface area contributed by atoms with Gasteiger partial charge >= 0.3 is 0 Å². The quantitative estimate of drug-likeness (QED) is 0.381. The van der Waals surface area contributed by atoms with Gasteiger partial charge in [0.25, 0.3) is 0 Å². The Kier molecular flexibility index (Phi) is 8.12. The molecule has 1 aromatic rings. The van der Waals surface area contributed by atoms with Crippen LogP contribution in [0.25, 0.3) is 0 Å². The SMILES string of the molecule is CCCCOc1ccc(C#C[C@H]2CC[C@H]([C@H]3CC[C@H](CC)CC3)CC2)cc1. The fourth-order valence-corrected chi connectivity index (χ4v) is 4.96. The number of ether oxygens (including phenoxy) is 1. The van der Waals surface area contributed by atoms with Gasteiger partial charge in [-0.2, -0.15) is 0 Å². The van der Waals surface area contributed by atoms with Crippen LogP contribution >= 0.6 is 0 Å². The van der Waals surface area contributed by atoms with Gasteiger partial charge in [0.1, 0.15) is 5.75 Å². The third-order valence-electron chi connectivity index (χ3n) is 6.95. The lowest BCUT2D eigenvalue weighted by atomic mass is 9.69. The van der Waals surface area contributed by atoms with E-state index in [-0.39, 0.29) is 0 Å². The highest BCUT2D eigenvalue weighted by molar-refractivity contribution is 5.38. The highest BCUT2D eigenvalue weighted by Crippen LogP contribution is 2.41. The Morgan fingerprint density at radius 1 is 0.852 bits per heavy atom. The molecule has 1 heteroatoms. The first-order valence-electron chi connectivity index (χ1n) is 11.5. The number of benzene rings is 1. The van der Waals surface area contributed by atoms with Gasteiger partial charge in [-0.1, -0.05) is 51.4 Å². The zero-order valence-corrected chi connectivity index (χ0v) is 17.5. The summed E-state index contributed by atoms with van der Waals surface area (Å²) in [5, 5.41) is 0. The van der Waals surface area contributed by atoms with Crippen LogP contribution in [-0.2, 0) is 0 Å². The molecule has 0 bridgehead atoms. The van der Waals surface area contributed by atoms with E-state index < -0.39 is 0 Å². The first-order chi connectivity index (χ1) is 13.3. The van der Waals surface area contributed by atoms with Crippen molar-refractivity contribution in [1.82, 2.24) is 0 Å². The lowest BCUT2D eigenvalue weighted by Gasteiger charge is -2.36. The summed E-state index contributed by atoms with van der Waals surface area (Å²) in [4.78, 5) is 0. The molecule has 0 heterocycles. The molecule has 0 saturated heterocycles. The third-order valence-corrected chi connectivity index (χ3v) is 6.95. The molecule has 2 aliphatic rings. The Morgan fingerprint density at radius 2 is 1.48 bits per heavy atom. The molecule has 0 aromatic heterocycles. The molecule has 27 heavy (non-hydrogen) atoms. The fourth-order valence-electron chi connectivity index (χ4n) is 4.96. The van der Waals surface area contributed by atoms with Crippen LogP contribution in [0, 0.1) is 35.5 Å². The average molecular weight is 367 g/mol. The standard InChI is InChI=1S/C26H38O/c1-3-5-20-27-26-18-12-23(13-19-26)7-6-22-10-16-25(17-11-22)24-14-8-21(4-2)9-15-24/h12-13,18-19,21-22,24-25H,3-5,8-11,14-17,20H2,1-2H3/t21-,22-,24-,25-. The van der Waals surface area contributed by atoms with Crippen LogP contribution in [0.15, 0.2) is 24.3 Å². The lowest BCUT2D eigenvalue weighted by molar-refractivity contribution is 0.156. The van der Waals surface area contributed by atoms with Crippen molar-refractivity contribution < 1.29 is 4.74 Å². The van der Waals surface area contributed by atoms with Gasteiger partial charge in [-0.25, -0.2) is 0 Å². The molecule has 0 radical (unpaired) electrons. The summed E-state index contributed by atoms with van der Waals surface area (Å²) in [6.45, 7) is 5.36. The maximum atomic E-state index is 5.73.